The Morgan fingerprint density at radius 2 is 1.63 bits per heavy atom. The Labute approximate surface area is 158 Å². The van der Waals surface area contributed by atoms with Gasteiger partial charge in [0.2, 0.25) is 0 Å². The lowest BCUT2D eigenvalue weighted by Crippen LogP contribution is -1.98. The Balaban J connectivity index is 1.59. The van der Waals surface area contributed by atoms with Gasteiger partial charge in [-0.3, -0.25) is 20.0 Å². The van der Waals surface area contributed by atoms with Crippen LogP contribution in [0.4, 0.5) is 11.4 Å². The van der Waals surface area contributed by atoms with Crippen molar-refractivity contribution in [1.82, 2.24) is 9.97 Å². The van der Waals surface area contributed by atoms with Gasteiger partial charge in [0.15, 0.2) is 0 Å². The number of para-hydroxylation sites is 2. The molecule has 0 atom stereocenters. The molecule has 27 heavy (non-hydrogen) atoms. The van der Waals surface area contributed by atoms with Gasteiger partial charge in [-0.1, -0.05) is 36.4 Å². The predicted octanol–water partition coefficient (Wildman–Crippen LogP) is 5.84. The van der Waals surface area contributed by atoms with Crippen molar-refractivity contribution in [2.75, 3.05) is 0 Å². The molecule has 0 aliphatic heterocycles. The van der Waals surface area contributed by atoms with E-state index in [4.69, 9.17) is 9.98 Å². The van der Waals surface area contributed by atoms with Crippen molar-refractivity contribution in [3.8, 4) is 0 Å². The highest BCUT2D eigenvalue weighted by molar-refractivity contribution is 6.02. The van der Waals surface area contributed by atoms with Gasteiger partial charge >= 0.3 is 0 Å². The Morgan fingerprint density at radius 1 is 0.889 bits per heavy atom. The summed E-state index contributed by atoms with van der Waals surface area (Å²) in [6, 6.07) is 20.2. The van der Waals surface area contributed by atoms with Gasteiger partial charge in [0, 0.05) is 28.4 Å². The van der Waals surface area contributed by atoms with Crippen molar-refractivity contribution in [3.05, 3.63) is 72.6 Å². The number of hydrogen-bond acceptors (Lipinski definition) is 4. The molecule has 0 radical (unpaired) electrons. The van der Waals surface area contributed by atoms with Gasteiger partial charge in [0.25, 0.3) is 0 Å². The molecule has 0 aliphatic rings. The quantitative estimate of drug-likeness (QED) is 0.335. The fraction of sp³-hybridized carbons (Fsp3) is 0.130. The number of nitrogens with zero attached hydrogens (tertiary/aromatic N) is 4. The zero-order valence-corrected chi connectivity index (χ0v) is 15.3. The minimum Gasteiger partial charge on any atom is -0.262 e. The van der Waals surface area contributed by atoms with Gasteiger partial charge in [-0.15, -0.1) is 0 Å². The summed E-state index contributed by atoms with van der Waals surface area (Å²) in [6.45, 7) is 5.65. The molecule has 0 spiro atoms. The number of aliphatic imine (C=N–C) groups is 2. The fourth-order valence-electron chi connectivity index (χ4n) is 3.17. The van der Waals surface area contributed by atoms with Gasteiger partial charge in [0.05, 0.1) is 22.4 Å². The van der Waals surface area contributed by atoms with Gasteiger partial charge in [-0.25, -0.2) is 0 Å². The van der Waals surface area contributed by atoms with E-state index in [1.165, 1.54) is 0 Å². The molecule has 0 aliphatic carbocycles. The number of benzene rings is 2. The molecule has 0 bridgehead atoms. The number of aromatic nitrogens is 2. The minimum absolute atomic E-state index is 0.804. The van der Waals surface area contributed by atoms with Crippen LogP contribution < -0.4 is 0 Å². The fourth-order valence-corrected chi connectivity index (χ4v) is 3.17. The van der Waals surface area contributed by atoms with Gasteiger partial charge in [0.1, 0.15) is 0 Å². The van der Waals surface area contributed by atoms with Crippen molar-refractivity contribution in [1.29, 1.82) is 0 Å². The first-order valence-electron chi connectivity index (χ1n) is 8.98. The summed E-state index contributed by atoms with van der Waals surface area (Å²) in [5, 5.41) is 2.22. The number of rotatable bonds is 5. The summed E-state index contributed by atoms with van der Waals surface area (Å²) in [7, 11) is 0. The molecule has 0 unspecified atom stereocenters. The first kappa shape index (κ1) is 17.0. The summed E-state index contributed by atoms with van der Waals surface area (Å²) >= 11 is 0. The molecule has 0 amide bonds. The third-order valence-corrected chi connectivity index (χ3v) is 4.60. The van der Waals surface area contributed by atoms with Gasteiger partial charge < -0.3 is 0 Å². The van der Waals surface area contributed by atoms with E-state index in [1.807, 2.05) is 43.5 Å². The number of fused-ring (bicyclic) bond motifs is 3. The number of pyridine rings is 2. The van der Waals surface area contributed by atoms with E-state index in [9.17, 15) is 0 Å². The first-order valence-corrected chi connectivity index (χ1v) is 8.98. The summed E-state index contributed by atoms with van der Waals surface area (Å²) < 4.78 is 0. The molecule has 4 rings (SSSR count). The van der Waals surface area contributed by atoms with Gasteiger partial charge in [-0.05, 0) is 50.7 Å². The smallest absolute Gasteiger partial charge is 0.0967 e. The van der Waals surface area contributed by atoms with Crippen LogP contribution in [0.3, 0.4) is 0 Å². The monoisotopic (exact) mass is 352 g/mol. The second-order valence-electron chi connectivity index (χ2n) is 6.51. The average molecular weight is 352 g/mol. The van der Waals surface area contributed by atoms with E-state index in [1.54, 1.807) is 0 Å². The highest BCUT2D eigenvalue weighted by Gasteiger charge is 2.05. The van der Waals surface area contributed by atoms with Crippen molar-refractivity contribution in [2.45, 2.75) is 19.8 Å². The van der Waals surface area contributed by atoms with Crippen LogP contribution in [0.2, 0.25) is 0 Å². The van der Waals surface area contributed by atoms with E-state index in [2.05, 4.69) is 47.0 Å². The highest BCUT2D eigenvalue weighted by Crippen LogP contribution is 2.27. The second kappa shape index (κ2) is 7.46. The van der Waals surface area contributed by atoms with Crippen molar-refractivity contribution >= 4 is 45.6 Å². The van der Waals surface area contributed by atoms with Crippen LogP contribution in [0.15, 0.2) is 76.8 Å². The summed E-state index contributed by atoms with van der Waals surface area (Å²) in [5.41, 5.74) is 5.66. The van der Waals surface area contributed by atoms with Crippen LogP contribution in [0.25, 0.3) is 21.8 Å². The van der Waals surface area contributed by atoms with Crippen LogP contribution in [-0.2, 0) is 6.42 Å². The van der Waals surface area contributed by atoms with Crippen LogP contribution in [0.5, 0.6) is 0 Å². The van der Waals surface area contributed by atoms with Crippen LogP contribution >= 0.6 is 0 Å². The van der Waals surface area contributed by atoms with Crippen molar-refractivity contribution in [2.24, 2.45) is 9.98 Å². The van der Waals surface area contributed by atoms with E-state index in [0.29, 0.717) is 0 Å². The number of hydrogen-bond donors (Lipinski definition) is 0. The van der Waals surface area contributed by atoms with Crippen LogP contribution in [0.1, 0.15) is 19.0 Å². The molecule has 4 nitrogen and oxygen atoms in total. The lowest BCUT2D eigenvalue weighted by atomic mass is 10.1. The highest BCUT2D eigenvalue weighted by atomic mass is 14.8. The molecule has 0 saturated carbocycles. The summed E-state index contributed by atoms with van der Waals surface area (Å²) in [6.07, 6.45) is 3.48. The normalized spacial score (nSPS) is 11.8. The first-order chi connectivity index (χ1) is 13.2. The van der Waals surface area contributed by atoms with Gasteiger partial charge in [-0.2, -0.15) is 0 Å². The Bertz CT molecular complexity index is 1160. The largest absolute Gasteiger partial charge is 0.262 e. The Hall–Kier alpha value is -3.40. The number of aryl methyl sites for hydroxylation is 1. The molecule has 0 N–H and O–H groups in total. The van der Waals surface area contributed by atoms with E-state index < -0.39 is 0 Å². The topological polar surface area (TPSA) is 50.5 Å². The maximum Gasteiger partial charge on any atom is 0.0967 e. The molecule has 2 aromatic heterocycles. The molecule has 2 heterocycles. The molecule has 4 heteroatoms. The molecular weight excluding hydrogens is 332 g/mol. The standard InChI is InChI=1S/C23H20N4/c1-16(26-21-8-4-3-7-20(21)24-2)9-13-19-14-12-18-11-10-17-6-5-15-25-22(17)23(18)27-19/h3-8,10-12,14-15H,2,9,13H2,1H3/b26-16+. The maximum absolute atomic E-state index is 4.87. The molecule has 132 valence electrons. The maximum atomic E-state index is 4.87. The van der Waals surface area contributed by atoms with E-state index >= 15 is 0 Å². The average Bonchev–Trinajstić information content (AvgIpc) is 2.72. The Kier molecular flexibility index (Phi) is 4.71. The summed E-state index contributed by atoms with van der Waals surface area (Å²) in [5.74, 6) is 0. The third-order valence-electron chi connectivity index (χ3n) is 4.60. The van der Waals surface area contributed by atoms with Crippen LogP contribution in [-0.4, -0.2) is 22.4 Å². The van der Waals surface area contributed by atoms with Crippen molar-refractivity contribution in [3.63, 3.8) is 0 Å². The SMILES string of the molecule is C=Nc1ccccc1/N=C(\C)CCc1ccc2ccc3cccnc3c2n1. The molecule has 0 fully saturated rings. The molecule has 2 aromatic carbocycles. The molecule has 0 saturated heterocycles. The Morgan fingerprint density at radius 3 is 2.44 bits per heavy atom. The van der Waals surface area contributed by atoms with Crippen LogP contribution in [0, 0.1) is 0 Å². The minimum atomic E-state index is 0.804. The van der Waals surface area contributed by atoms with E-state index in [0.717, 1.165) is 57.4 Å². The third kappa shape index (κ3) is 3.60. The zero-order chi connectivity index (χ0) is 18.6. The molecule has 4 aromatic rings. The predicted molar refractivity (Wildman–Crippen MR) is 114 cm³/mol. The zero-order valence-electron chi connectivity index (χ0n) is 15.3. The second-order valence-corrected chi connectivity index (χ2v) is 6.51. The lowest BCUT2D eigenvalue weighted by molar-refractivity contribution is 0.980. The summed E-state index contributed by atoms with van der Waals surface area (Å²) in [4.78, 5) is 18.1. The lowest BCUT2D eigenvalue weighted by Gasteiger charge is -2.06. The van der Waals surface area contributed by atoms with E-state index in [-0.39, 0.29) is 0 Å². The van der Waals surface area contributed by atoms with Crippen molar-refractivity contribution < 1.29 is 0 Å². The molecular formula is C23H20N4.